The fourth-order valence-corrected chi connectivity index (χ4v) is 8.60. The molecule has 0 amide bonds. The van der Waals surface area contributed by atoms with Crippen LogP contribution in [0.2, 0.25) is 0 Å². The molecule has 0 unspecified atom stereocenters. The van der Waals surface area contributed by atoms with E-state index in [2.05, 4.69) is 246 Å². The smallest absolute Gasteiger partial charge is 0.137 e. The first-order chi connectivity index (χ1) is 29.3. The lowest BCUT2D eigenvalue weighted by Gasteiger charge is -2.29. The van der Waals surface area contributed by atoms with Gasteiger partial charge in [0.15, 0.2) is 0 Å². The second kappa shape index (κ2) is 15.5. The van der Waals surface area contributed by atoms with Crippen LogP contribution in [-0.2, 0) is 27.1 Å². The summed E-state index contributed by atoms with van der Waals surface area (Å²) in [5, 5.41) is 2.35. The van der Waals surface area contributed by atoms with E-state index in [-0.39, 0.29) is 27.1 Å². The maximum atomic E-state index is 6.92. The molecule has 0 atom stereocenters. The molecule has 326 valence electrons. The van der Waals surface area contributed by atoms with Crippen molar-refractivity contribution in [3.63, 3.8) is 0 Å². The largest absolute Gasteiger partial charge is 0.457 e. The zero-order chi connectivity index (χ0) is 45.4. The number of aromatic nitrogens is 2. The number of para-hydroxylation sites is 1. The van der Waals surface area contributed by atoms with E-state index in [4.69, 9.17) is 9.72 Å². The summed E-state index contributed by atoms with van der Waals surface area (Å²) in [5.74, 6) is 2.48. The number of fused-ring (bicyclic) bond motifs is 3. The average molecular weight is 837 g/mol. The number of hydrogen-bond acceptors (Lipinski definition) is 4. The zero-order valence-electron chi connectivity index (χ0n) is 40.5. The Morgan fingerprint density at radius 1 is 0.460 bits per heavy atom. The van der Waals surface area contributed by atoms with Crippen molar-refractivity contribution in [1.82, 2.24) is 9.55 Å². The molecule has 0 bridgehead atoms. The van der Waals surface area contributed by atoms with Gasteiger partial charge in [-0.3, -0.25) is 4.57 Å². The summed E-state index contributed by atoms with van der Waals surface area (Å²) in [7, 11) is 0. The Balaban J connectivity index is 1.17. The molecule has 63 heavy (non-hydrogen) atoms. The van der Waals surface area contributed by atoms with E-state index in [0.29, 0.717) is 6.67 Å². The number of pyridine rings is 1. The van der Waals surface area contributed by atoms with Crippen molar-refractivity contribution in [2.75, 3.05) is 16.5 Å². The van der Waals surface area contributed by atoms with Crippen LogP contribution in [0.15, 0.2) is 128 Å². The van der Waals surface area contributed by atoms with Gasteiger partial charge in [0, 0.05) is 58.4 Å². The molecule has 5 nitrogen and oxygen atoms in total. The van der Waals surface area contributed by atoms with Gasteiger partial charge in [0.25, 0.3) is 0 Å². The van der Waals surface area contributed by atoms with E-state index in [1.165, 1.54) is 44.5 Å². The SMILES string of the molecule is CC(C)(C)c1ccc(-c2cnc(-n3c4ccccc4c4ccc(Oc5cc(N6C=CN(c7cc(C(C)(C)C)cc(C(C)(C)C)c7)C6)cc(C(C)(C)C)c5)cc43)cc2C(C)(C)C)cc1. The first-order valence-electron chi connectivity index (χ1n) is 22.7. The van der Waals surface area contributed by atoms with E-state index in [1.54, 1.807) is 0 Å². The summed E-state index contributed by atoms with van der Waals surface area (Å²) in [6.07, 6.45) is 6.47. The van der Waals surface area contributed by atoms with E-state index < -0.39 is 0 Å². The Morgan fingerprint density at radius 3 is 1.57 bits per heavy atom. The molecule has 7 aromatic rings. The number of anilines is 2. The van der Waals surface area contributed by atoms with Crippen molar-refractivity contribution in [2.45, 2.75) is 131 Å². The van der Waals surface area contributed by atoms with Crippen LogP contribution >= 0.6 is 0 Å². The predicted octanol–water partition coefficient (Wildman–Crippen LogP) is 15.9. The summed E-state index contributed by atoms with van der Waals surface area (Å²) in [5.41, 5.74) is 13.3. The minimum atomic E-state index is -0.119. The Kier molecular flexibility index (Phi) is 10.8. The van der Waals surface area contributed by atoms with Gasteiger partial charge in [0.1, 0.15) is 17.3 Å². The standard InChI is InChI=1S/C58H68N4O/c1-54(2,3)39-22-20-38(21-23-39)49-36-59-53(35-50(49)58(13,14)15)62-51-19-17-16-18-47(51)48-25-24-45(34-52(48)62)63-46-32-42(57(10,11)12)31-44(33-46)61-27-26-60(37-61)43-29-40(55(4,5)6)28-41(30-43)56(7,8)9/h16-36H,37H2,1-15H3. The highest BCUT2D eigenvalue weighted by molar-refractivity contribution is 6.09. The van der Waals surface area contributed by atoms with Crippen LogP contribution in [-0.4, -0.2) is 16.2 Å². The highest BCUT2D eigenvalue weighted by Crippen LogP contribution is 2.41. The lowest BCUT2D eigenvalue weighted by atomic mass is 9.80. The Labute approximate surface area is 377 Å². The van der Waals surface area contributed by atoms with Crippen LogP contribution in [0, 0.1) is 0 Å². The van der Waals surface area contributed by atoms with Crippen molar-refractivity contribution in [1.29, 1.82) is 0 Å². The van der Waals surface area contributed by atoms with Crippen LogP contribution in [0.3, 0.4) is 0 Å². The molecule has 2 aromatic heterocycles. The molecule has 8 rings (SSSR count). The predicted molar refractivity (Wildman–Crippen MR) is 269 cm³/mol. The zero-order valence-corrected chi connectivity index (χ0v) is 40.5. The number of rotatable bonds is 6. The summed E-state index contributed by atoms with van der Waals surface area (Å²) >= 11 is 0. The Bertz CT molecular complexity index is 2830. The van der Waals surface area contributed by atoms with E-state index in [9.17, 15) is 0 Å². The van der Waals surface area contributed by atoms with Crippen molar-refractivity contribution >= 4 is 33.2 Å². The molecule has 1 aliphatic rings. The molecule has 5 heteroatoms. The molecule has 1 aliphatic heterocycles. The van der Waals surface area contributed by atoms with Gasteiger partial charge in [-0.15, -0.1) is 0 Å². The van der Waals surface area contributed by atoms with Gasteiger partial charge in [-0.05, 0) is 109 Å². The van der Waals surface area contributed by atoms with Crippen LogP contribution in [0.25, 0.3) is 38.8 Å². The van der Waals surface area contributed by atoms with Crippen LogP contribution < -0.4 is 14.5 Å². The van der Waals surface area contributed by atoms with Crippen molar-refractivity contribution < 1.29 is 4.74 Å². The Morgan fingerprint density at radius 2 is 1.00 bits per heavy atom. The summed E-state index contributed by atoms with van der Waals surface area (Å²) < 4.78 is 9.22. The van der Waals surface area contributed by atoms with Gasteiger partial charge in [0.2, 0.25) is 0 Å². The molecule has 0 aliphatic carbocycles. The molecule has 0 saturated heterocycles. The Hall–Kier alpha value is -5.81. The number of nitrogens with zero attached hydrogens (tertiary/aromatic N) is 4. The van der Waals surface area contributed by atoms with E-state index >= 15 is 0 Å². The van der Waals surface area contributed by atoms with Gasteiger partial charge in [-0.1, -0.05) is 152 Å². The highest BCUT2D eigenvalue weighted by atomic mass is 16.5. The first kappa shape index (κ1) is 43.8. The lowest BCUT2D eigenvalue weighted by Crippen LogP contribution is -2.26. The van der Waals surface area contributed by atoms with Gasteiger partial charge >= 0.3 is 0 Å². The van der Waals surface area contributed by atoms with Crippen LogP contribution in [0.4, 0.5) is 11.4 Å². The molecular weight excluding hydrogens is 769 g/mol. The number of ether oxygens (including phenoxy) is 1. The van der Waals surface area contributed by atoms with Crippen LogP contribution in [0.5, 0.6) is 11.5 Å². The summed E-state index contributed by atoms with van der Waals surface area (Å²) in [6.45, 7) is 35.0. The fourth-order valence-electron chi connectivity index (χ4n) is 8.60. The van der Waals surface area contributed by atoms with Crippen molar-refractivity contribution in [3.8, 4) is 28.4 Å². The van der Waals surface area contributed by atoms with Crippen molar-refractivity contribution in [2.24, 2.45) is 0 Å². The highest BCUT2D eigenvalue weighted by Gasteiger charge is 2.27. The molecule has 0 saturated carbocycles. The maximum absolute atomic E-state index is 6.92. The van der Waals surface area contributed by atoms with Gasteiger partial charge in [0.05, 0.1) is 17.7 Å². The van der Waals surface area contributed by atoms with Gasteiger partial charge < -0.3 is 14.5 Å². The number of benzene rings is 5. The second-order valence-corrected chi connectivity index (χ2v) is 22.9. The van der Waals surface area contributed by atoms with E-state index in [1.807, 2.05) is 0 Å². The fraction of sp³-hybridized carbons (Fsp3) is 0.362. The summed E-state index contributed by atoms with van der Waals surface area (Å²) in [6, 6.07) is 40.2. The minimum absolute atomic E-state index is 0.0413. The normalized spacial score (nSPS) is 14.1. The molecule has 3 heterocycles. The van der Waals surface area contributed by atoms with Gasteiger partial charge in [-0.2, -0.15) is 0 Å². The number of hydrogen-bond donors (Lipinski definition) is 0. The molecular formula is C58H68N4O. The molecule has 0 spiro atoms. The average Bonchev–Trinajstić information content (AvgIpc) is 3.83. The molecule has 5 aromatic carbocycles. The lowest BCUT2D eigenvalue weighted by molar-refractivity contribution is 0.479. The third-order valence-electron chi connectivity index (χ3n) is 12.7. The third-order valence-corrected chi connectivity index (χ3v) is 12.7. The van der Waals surface area contributed by atoms with Crippen molar-refractivity contribution in [3.05, 3.63) is 156 Å². The topological polar surface area (TPSA) is 33.5 Å². The molecule has 0 radical (unpaired) electrons. The molecule has 0 fully saturated rings. The first-order valence-corrected chi connectivity index (χ1v) is 22.7. The summed E-state index contributed by atoms with van der Waals surface area (Å²) in [4.78, 5) is 9.90. The second-order valence-electron chi connectivity index (χ2n) is 22.9. The quantitative estimate of drug-likeness (QED) is 0.167. The van der Waals surface area contributed by atoms with Gasteiger partial charge in [-0.25, -0.2) is 4.98 Å². The monoisotopic (exact) mass is 837 g/mol. The third kappa shape index (κ3) is 8.90. The van der Waals surface area contributed by atoms with Crippen LogP contribution in [0.1, 0.15) is 132 Å². The minimum Gasteiger partial charge on any atom is -0.457 e. The maximum Gasteiger partial charge on any atom is 0.137 e. The molecule has 0 N–H and O–H groups in total. The van der Waals surface area contributed by atoms with E-state index in [0.717, 1.165) is 45.0 Å².